The van der Waals surface area contributed by atoms with Crippen LogP contribution < -0.4 is 4.74 Å². The first-order chi connectivity index (χ1) is 9.02. The smallest absolute Gasteiger partial charge is 0.148 e. The Bertz CT molecular complexity index is 429. The van der Waals surface area contributed by atoms with Gasteiger partial charge in [-0.3, -0.25) is 0 Å². The first-order valence-electron chi connectivity index (χ1n) is 6.09. The van der Waals surface area contributed by atoms with E-state index >= 15 is 0 Å². The molecule has 6 heteroatoms. The first kappa shape index (κ1) is 16.3. The highest BCUT2D eigenvalue weighted by molar-refractivity contribution is 9.11. The lowest BCUT2D eigenvalue weighted by Crippen LogP contribution is -2.52. The van der Waals surface area contributed by atoms with Crippen LogP contribution in [0.1, 0.15) is 19.8 Å². The Morgan fingerprint density at radius 3 is 2.37 bits per heavy atom. The second-order valence-corrected chi connectivity index (χ2v) is 8.24. The van der Waals surface area contributed by atoms with Crippen molar-refractivity contribution in [2.45, 2.75) is 36.8 Å². The summed E-state index contributed by atoms with van der Waals surface area (Å²) in [6, 6.07) is 3.96. The molecule has 0 spiro atoms. The minimum Gasteiger partial charge on any atom is -0.485 e. The van der Waals surface area contributed by atoms with E-state index in [4.69, 9.17) is 9.47 Å². The maximum Gasteiger partial charge on any atom is 0.148 e. The van der Waals surface area contributed by atoms with Gasteiger partial charge in [-0.15, -0.1) is 0 Å². The van der Waals surface area contributed by atoms with E-state index in [1.165, 1.54) is 0 Å². The summed E-state index contributed by atoms with van der Waals surface area (Å²) in [5.74, 6) is 0.831. The normalized spacial score (nSPS) is 26.1. The average Bonchev–Trinajstić information content (AvgIpc) is 2.32. The van der Waals surface area contributed by atoms with E-state index in [9.17, 15) is 0 Å². The van der Waals surface area contributed by atoms with Gasteiger partial charge in [0.2, 0.25) is 0 Å². The monoisotopic (exact) mass is 518 g/mol. The molecule has 3 unspecified atom stereocenters. The van der Waals surface area contributed by atoms with E-state index in [2.05, 4.69) is 70.6 Å². The molecule has 106 valence electrons. The average molecular weight is 522 g/mol. The number of benzene rings is 1. The first-order valence-corrected chi connectivity index (χ1v) is 9.39. The van der Waals surface area contributed by atoms with E-state index in [0.717, 1.165) is 38.6 Å². The lowest BCUT2D eigenvalue weighted by Gasteiger charge is -2.41. The predicted molar refractivity (Wildman–Crippen MR) is 91.3 cm³/mol. The largest absolute Gasteiger partial charge is 0.485 e. The van der Waals surface area contributed by atoms with Gasteiger partial charge in [0.15, 0.2) is 0 Å². The highest BCUT2D eigenvalue weighted by Gasteiger charge is 2.42. The molecule has 0 N–H and O–H groups in total. The highest BCUT2D eigenvalue weighted by atomic mass is 79.9. The number of hydrogen-bond acceptors (Lipinski definition) is 2. The molecule has 0 aliphatic heterocycles. The molecule has 0 aromatic heterocycles. The zero-order valence-corrected chi connectivity index (χ0v) is 16.7. The minimum absolute atomic E-state index is 0.102. The van der Waals surface area contributed by atoms with Gasteiger partial charge in [0, 0.05) is 22.3 Å². The summed E-state index contributed by atoms with van der Waals surface area (Å²) < 4.78 is 14.8. The van der Waals surface area contributed by atoms with Crippen LogP contribution in [-0.4, -0.2) is 23.6 Å². The van der Waals surface area contributed by atoms with Gasteiger partial charge in [0.25, 0.3) is 0 Å². The van der Waals surface area contributed by atoms with Gasteiger partial charge in [-0.1, -0.05) is 38.8 Å². The predicted octanol–water partition coefficient (Wildman–Crippen LogP) is 5.68. The molecule has 0 heterocycles. The number of rotatable bonds is 5. The van der Waals surface area contributed by atoms with Crippen molar-refractivity contribution < 1.29 is 9.47 Å². The Morgan fingerprint density at radius 2 is 1.84 bits per heavy atom. The number of ether oxygens (including phenoxy) is 2. The molecular weight excluding hydrogens is 508 g/mol. The molecule has 1 aliphatic carbocycles. The van der Waals surface area contributed by atoms with Crippen LogP contribution in [0.25, 0.3) is 0 Å². The van der Waals surface area contributed by atoms with Crippen molar-refractivity contribution in [3.63, 3.8) is 0 Å². The lowest BCUT2D eigenvalue weighted by molar-refractivity contribution is -0.0766. The third-order valence-electron chi connectivity index (χ3n) is 2.93. The van der Waals surface area contributed by atoms with Crippen LogP contribution in [0.3, 0.4) is 0 Å². The number of halogens is 4. The molecule has 1 aromatic carbocycles. The van der Waals surface area contributed by atoms with Crippen LogP contribution >= 0.6 is 63.7 Å². The van der Waals surface area contributed by atoms with Crippen molar-refractivity contribution in [3.05, 3.63) is 25.6 Å². The summed E-state index contributed by atoms with van der Waals surface area (Å²) in [7, 11) is 0. The highest BCUT2D eigenvalue weighted by Crippen LogP contribution is 2.41. The van der Waals surface area contributed by atoms with Crippen molar-refractivity contribution in [2.75, 3.05) is 6.61 Å². The fourth-order valence-electron chi connectivity index (χ4n) is 1.90. The van der Waals surface area contributed by atoms with Gasteiger partial charge in [0.05, 0.1) is 8.95 Å². The molecule has 1 fully saturated rings. The van der Waals surface area contributed by atoms with Crippen molar-refractivity contribution in [3.8, 4) is 5.75 Å². The van der Waals surface area contributed by atoms with Gasteiger partial charge in [-0.2, -0.15) is 0 Å². The zero-order chi connectivity index (χ0) is 14.0. The third kappa shape index (κ3) is 3.96. The summed E-state index contributed by atoms with van der Waals surface area (Å²) >= 11 is 14.1. The summed E-state index contributed by atoms with van der Waals surface area (Å²) in [5, 5.41) is 0. The summed E-state index contributed by atoms with van der Waals surface area (Å²) in [6.07, 6.45) is 2.21. The molecule has 2 nitrogen and oxygen atoms in total. The molecule has 0 radical (unpaired) electrons. The van der Waals surface area contributed by atoms with Crippen LogP contribution in [0.15, 0.2) is 25.6 Å². The van der Waals surface area contributed by atoms with E-state index < -0.39 is 0 Å². The second kappa shape index (κ2) is 7.25. The molecular formula is C13H14Br4O2. The summed E-state index contributed by atoms with van der Waals surface area (Å²) in [6.45, 7) is 2.88. The summed E-state index contributed by atoms with van der Waals surface area (Å²) in [4.78, 5) is 0.386. The van der Waals surface area contributed by atoms with Gasteiger partial charge in [0.1, 0.15) is 18.0 Å². The van der Waals surface area contributed by atoms with Crippen molar-refractivity contribution in [2.24, 2.45) is 0 Å². The molecule has 0 amide bonds. The maximum atomic E-state index is 6.08. The molecule has 1 aliphatic rings. The number of alkyl halides is 1. The van der Waals surface area contributed by atoms with Crippen LogP contribution in [0.5, 0.6) is 5.75 Å². The zero-order valence-electron chi connectivity index (χ0n) is 10.3. The van der Waals surface area contributed by atoms with Crippen molar-refractivity contribution >= 4 is 63.7 Å². The van der Waals surface area contributed by atoms with Gasteiger partial charge >= 0.3 is 0 Å². The van der Waals surface area contributed by atoms with Crippen molar-refractivity contribution in [1.29, 1.82) is 0 Å². The molecule has 0 bridgehead atoms. The molecule has 3 atom stereocenters. The molecule has 0 saturated heterocycles. The summed E-state index contributed by atoms with van der Waals surface area (Å²) in [5.41, 5.74) is 0. The Balaban J connectivity index is 2.05. The topological polar surface area (TPSA) is 18.5 Å². The van der Waals surface area contributed by atoms with Crippen molar-refractivity contribution in [1.82, 2.24) is 0 Å². The third-order valence-corrected chi connectivity index (χ3v) is 5.46. The Kier molecular flexibility index (Phi) is 6.21. The van der Waals surface area contributed by atoms with Gasteiger partial charge in [-0.25, -0.2) is 0 Å². The Hall–Kier alpha value is 0.900. The van der Waals surface area contributed by atoms with E-state index in [1.54, 1.807) is 0 Å². The second-order valence-electron chi connectivity index (χ2n) is 4.44. The van der Waals surface area contributed by atoms with E-state index in [0.29, 0.717) is 4.83 Å². The molecule has 1 aromatic rings. The molecule has 19 heavy (non-hydrogen) atoms. The quantitative estimate of drug-likeness (QED) is 0.464. The SMILES string of the molecule is CCCOC1C(Br)CC1Oc1c(Br)cc(Br)cc1Br. The Labute approximate surface area is 147 Å². The molecule has 1 saturated carbocycles. The standard InChI is InChI=1S/C13H14Br4O2/c1-2-3-18-13-10(17)6-11(13)19-12-8(15)4-7(14)5-9(12)16/h4-5,10-11,13H,2-3,6H2,1H3. The number of hydrogen-bond donors (Lipinski definition) is 0. The van der Waals surface area contributed by atoms with E-state index in [-0.39, 0.29) is 12.2 Å². The fourth-order valence-corrected chi connectivity index (χ4v) is 5.21. The lowest BCUT2D eigenvalue weighted by atomic mass is 9.91. The van der Waals surface area contributed by atoms with Crippen LogP contribution in [-0.2, 0) is 4.74 Å². The van der Waals surface area contributed by atoms with Gasteiger partial charge in [-0.05, 0) is 50.4 Å². The van der Waals surface area contributed by atoms with Gasteiger partial charge < -0.3 is 9.47 Å². The molecule has 2 rings (SSSR count). The van der Waals surface area contributed by atoms with Crippen LogP contribution in [0, 0.1) is 0 Å². The van der Waals surface area contributed by atoms with Crippen LogP contribution in [0.2, 0.25) is 0 Å². The fraction of sp³-hybridized carbons (Fsp3) is 0.538. The Morgan fingerprint density at radius 1 is 1.21 bits per heavy atom. The minimum atomic E-state index is 0.102. The van der Waals surface area contributed by atoms with Crippen LogP contribution in [0.4, 0.5) is 0 Å². The maximum absolute atomic E-state index is 6.08. The van der Waals surface area contributed by atoms with E-state index in [1.807, 2.05) is 12.1 Å².